The Morgan fingerprint density at radius 2 is 1.56 bits per heavy atom. The average molecular weight is 451 g/mol. The highest BCUT2D eigenvalue weighted by molar-refractivity contribution is 5.40. The zero-order valence-electron chi connectivity index (χ0n) is 20.2. The van der Waals surface area contributed by atoms with Crippen LogP contribution in [0.5, 0.6) is 5.75 Å². The third-order valence-electron chi connectivity index (χ3n) is 6.06. The van der Waals surface area contributed by atoms with Crippen molar-refractivity contribution in [1.29, 1.82) is 0 Å². The second kappa shape index (κ2) is 18.0. The van der Waals surface area contributed by atoms with E-state index >= 15 is 0 Å². The fourth-order valence-corrected chi connectivity index (χ4v) is 3.84. The Balaban J connectivity index is 2.23. The number of allylic oxidation sites excluding steroid dienone is 1. The molecular formula is C26H46N2O4. The number of nitrogens with one attached hydrogen (secondary N) is 1. The summed E-state index contributed by atoms with van der Waals surface area (Å²) in [6.45, 7) is 3.70. The summed E-state index contributed by atoms with van der Waals surface area (Å²) in [5.74, 6) is 0.0299. The van der Waals surface area contributed by atoms with Crippen LogP contribution >= 0.6 is 0 Å². The number of unbranched alkanes of at least 4 members (excludes halogenated alkanes) is 11. The van der Waals surface area contributed by atoms with E-state index in [1.807, 2.05) is 6.08 Å². The second-order valence-corrected chi connectivity index (χ2v) is 8.77. The molecular weight excluding hydrogens is 404 g/mol. The van der Waals surface area contributed by atoms with E-state index in [-0.39, 0.29) is 25.5 Å². The van der Waals surface area contributed by atoms with Crippen LogP contribution < -0.4 is 5.32 Å². The maximum Gasteiger partial charge on any atom is 0.141 e. The fraction of sp³-hybridized carbons (Fsp3) is 0.731. The number of aryl methyl sites for hydroxylation is 1. The monoisotopic (exact) mass is 450 g/mol. The van der Waals surface area contributed by atoms with Gasteiger partial charge >= 0.3 is 0 Å². The van der Waals surface area contributed by atoms with E-state index in [1.54, 1.807) is 13.0 Å². The van der Waals surface area contributed by atoms with Crippen LogP contribution in [-0.4, -0.2) is 44.2 Å². The van der Waals surface area contributed by atoms with Crippen LogP contribution in [0.15, 0.2) is 18.3 Å². The summed E-state index contributed by atoms with van der Waals surface area (Å²) >= 11 is 0. The van der Waals surface area contributed by atoms with Crippen LogP contribution in [0.1, 0.15) is 101 Å². The van der Waals surface area contributed by atoms with E-state index < -0.39 is 12.1 Å². The molecule has 0 amide bonds. The predicted molar refractivity (Wildman–Crippen MR) is 130 cm³/mol. The fourth-order valence-electron chi connectivity index (χ4n) is 3.84. The number of aromatic hydroxyl groups is 1. The van der Waals surface area contributed by atoms with Crippen molar-refractivity contribution in [3.8, 4) is 5.75 Å². The van der Waals surface area contributed by atoms with E-state index in [0.29, 0.717) is 16.8 Å². The van der Waals surface area contributed by atoms with Gasteiger partial charge in [-0.05, 0) is 19.8 Å². The van der Waals surface area contributed by atoms with Crippen LogP contribution in [0.25, 0.3) is 0 Å². The van der Waals surface area contributed by atoms with E-state index in [4.69, 9.17) is 0 Å². The molecule has 0 saturated carbocycles. The van der Waals surface area contributed by atoms with Crippen molar-refractivity contribution in [2.45, 2.75) is 116 Å². The van der Waals surface area contributed by atoms with Gasteiger partial charge in [0.2, 0.25) is 0 Å². The summed E-state index contributed by atoms with van der Waals surface area (Å²) in [6.07, 6.45) is 19.8. The van der Waals surface area contributed by atoms with Gasteiger partial charge in [-0.2, -0.15) is 0 Å². The first-order chi connectivity index (χ1) is 15.5. The molecule has 2 atom stereocenters. The van der Waals surface area contributed by atoms with E-state index in [2.05, 4.69) is 17.2 Å². The van der Waals surface area contributed by atoms with Gasteiger partial charge in [-0.25, -0.2) is 0 Å². The quantitative estimate of drug-likeness (QED) is 0.155. The maximum atomic E-state index is 10.4. The van der Waals surface area contributed by atoms with E-state index in [1.165, 1.54) is 70.4 Å². The van der Waals surface area contributed by atoms with Crippen LogP contribution in [0.4, 0.5) is 0 Å². The van der Waals surface area contributed by atoms with Gasteiger partial charge in [0.25, 0.3) is 0 Å². The lowest BCUT2D eigenvalue weighted by Gasteiger charge is -2.21. The van der Waals surface area contributed by atoms with Crippen molar-refractivity contribution in [3.05, 3.63) is 35.2 Å². The highest BCUT2D eigenvalue weighted by atomic mass is 16.3. The number of aliphatic hydroxyl groups excluding tert-OH is 3. The highest BCUT2D eigenvalue weighted by Crippen LogP contribution is 2.24. The third-order valence-corrected chi connectivity index (χ3v) is 6.06. The molecule has 0 spiro atoms. The molecule has 0 unspecified atom stereocenters. The van der Waals surface area contributed by atoms with Gasteiger partial charge in [0, 0.05) is 23.9 Å². The molecule has 1 aromatic heterocycles. The first kappa shape index (κ1) is 28.6. The normalized spacial score (nSPS) is 13.7. The van der Waals surface area contributed by atoms with Gasteiger partial charge in [-0.3, -0.25) is 4.98 Å². The minimum Gasteiger partial charge on any atom is -0.506 e. The number of hydrogen-bond acceptors (Lipinski definition) is 6. The SMILES string of the molecule is CCCCCCCCCCCCC/C=C/[C@@H](O)[C@H](CO)NCc1c(CO)cnc(C)c1O. The van der Waals surface area contributed by atoms with Gasteiger partial charge in [0.15, 0.2) is 0 Å². The lowest BCUT2D eigenvalue weighted by Crippen LogP contribution is -2.41. The summed E-state index contributed by atoms with van der Waals surface area (Å²) in [5.41, 5.74) is 1.54. The first-order valence-corrected chi connectivity index (χ1v) is 12.5. The summed E-state index contributed by atoms with van der Waals surface area (Å²) in [4.78, 5) is 4.04. The molecule has 0 aromatic carbocycles. The van der Waals surface area contributed by atoms with Crippen LogP contribution in [0, 0.1) is 6.92 Å². The Kier molecular flexibility index (Phi) is 16.1. The number of pyridine rings is 1. The molecule has 0 saturated heterocycles. The molecule has 32 heavy (non-hydrogen) atoms. The molecule has 0 fully saturated rings. The molecule has 0 aliphatic rings. The van der Waals surface area contributed by atoms with Gasteiger partial charge in [0.05, 0.1) is 31.1 Å². The molecule has 5 N–H and O–H groups in total. The average Bonchev–Trinajstić information content (AvgIpc) is 2.80. The van der Waals surface area contributed by atoms with Gasteiger partial charge in [-0.1, -0.05) is 83.3 Å². The highest BCUT2D eigenvalue weighted by Gasteiger charge is 2.18. The van der Waals surface area contributed by atoms with Gasteiger partial charge < -0.3 is 25.7 Å². The predicted octanol–water partition coefficient (Wildman–Crippen LogP) is 4.66. The Morgan fingerprint density at radius 3 is 2.12 bits per heavy atom. The van der Waals surface area contributed by atoms with E-state index in [9.17, 15) is 20.4 Å². The molecule has 0 radical (unpaired) electrons. The van der Waals surface area contributed by atoms with Crippen molar-refractivity contribution in [1.82, 2.24) is 10.3 Å². The number of nitrogens with zero attached hydrogens (tertiary/aromatic N) is 1. The van der Waals surface area contributed by atoms with Crippen molar-refractivity contribution in [3.63, 3.8) is 0 Å². The van der Waals surface area contributed by atoms with Gasteiger partial charge in [0.1, 0.15) is 5.75 Å². The number of aliphatic hydroxyl groups is 3. The first-order valence-electron chi connectivity index (χ1n) is 12.5. The summed E-state index contributed by atoms with van der Waals surface area (Å²) in [6, 6.07) is -0.553. The molecule has 0 bridgehead atoms. The molecule has 1 heterocycles. The smallest absolute Gasteiger partial charge is 0.141 e. The van der Waals surface area contributed by atoms with Crippen LogP contribution in [0.3, 0.4) is 0 Å². The molecule has 6 nitrogen and oxygen atoms in total. The molecule has 0 aliphatic carbocycles. The van der Waals surface area contributed by atoms with Crippen molar-refractivity contribution < 1.29 is 20.4 Å². The Morgan fingerprint density at radius 1 is 0.969 bits per heavy atom. The summed E-state index contributed by atoms with van der Waals surface area (Å²) in [7, 11) is 0. The molecule has 1 rings (SSSR count). The molecule has 0 aliphatic heterocycles. The number of aromatic nitrogens is 1. The lowest BCUT2D eigenvalue weighted by molar-refractivity contribution is 0.122. The number of rotatable bonds is 19. The molecule has 1 aromatic rings. The minimum atomic E-state index is -0.824. The Bertz CT molecular complexity index is 636. The minimum absolute atomic E-state index is 0.0299. The second-order valence-electron chi connectivity index (χ2n) is 8.77. The lowest BCUT2D eigenvalue weighted by atomic mass is 10.0. The summed E-state index contributed by atoms with van der Waals surface area (Å²) < 4.78 is 0. The van der Waals surface area contributed by atoms with Crippen molar-refractivity contribution in [2.75, 3.05) is 6.61 Å². The van der Waals surface area contributed by atoms with Crippen molar-refractivity contribution >= 4 is 0 Å². The molecule has 6 heteroatoms. The topological polar surface area (TPSA) is 106 Å². The maximum absolute atomic E-state index is 10.4. The zero-order chi connectivity index (χ0) is 23.6. The van der Waals surface area contributed by atoms with Crippen molar-refractivity contribution in [2.24, 2.45) is 0 Å². The zero-order valence-corrected chi connectivity index (χ0v) is 20.2. The van der Waals surface area contributed by atoms with E-state index in [0.717, 1.165) is 12.8 Å². The number of hydrogen-bond donors (Lipinski definition) is 5. The van der Waals surface area contributed by atoms with Crippen LogP contribution in [0.2, 0.25) is 0 Å². The third kappa shape index (κ3) is 11.4. The standard InChI is InChI=1S/C26H46N2O4/c1-3-4-5-6-7-8-9-10-11-12-13-14-15-16-25(31)24(20-30)28-18-23-22(19-29)17-27-21(2)26(23)32/h15-17,24-25,28-32H,3-14,18-20H2,1-2H3/b16-15+/t24-,25+/m0/s1. The molecule has 184 valence electrons. The van der Waals surface area contributed by atoms with Crippen LogP contribution in [-0.2, 0) is 13.2 Å². The Hall–Kier alpha value is -1.47. The van der Waals surface area contributed by atoms with Gasteiger partial charge in [-0.15, -0.1) is 0 Å². The largest absolute Gasteiger partial charge is 0.506 e. The summed E-state index contributed by atoms with van der Waals surface area (Å²) in [5, 5.41) is 42.8. The Labute approximate surface area is 194 Å².